The molecule has 4 fully saturated rings. The van der Waals surface area contributed by atoms with Crippen molar-refractivity contribution in [1.82, 2.24) is 5.32 Å². The number of amides is 1. The van der Waals surface area contributed by atoms with Crippen LogP contribution in [0.15, 0.2) is 0 Å². The summed E-state index contributed by atoms with van der Waals surface area (Å²) in [7, 11) is 0. The molecule has 0 radical (unpaired) electrons. The number of aliphatic hydroxyl groups is 2. The van der Waals surface area contributed by atoms with E-state index in [-0.39, 0.29) is 28.9 Å². The van der Waals surface area contributed by atoms with Crippen molar-refractivity contribution in [2.45, 2.75) is 110 Å². The van der Waals surface area contributed by atoms with Gasteiger partial charge in [-0.15, -0.1) is 0 Å². The first-order valence-electron chi connectivity index (χ1n) is 14.0. The highest BCUT2D eigenvalue weighted by Gasteiger charge is 2.62. The minimum Gasteiger partial charge on any atom is -0.393 e. The summed E-state index contributed by atoms with van der Waals surface area (Å²) >= 11 is 0. The first kappa shape index (κ1) is 25.4. The number of rotatable bonds is 8. The first-order valence-corrected chi connectivity index (χ1v) is 14.0. The molecule has 0 saturated heterocycles. The van der Waals surface area contributed by atoms with Crippen LogP contribution >= 0.6 is 0 Å². The molecule has 0 bridgehead atoms. The van der Waals surface area contributed by atoms with E-state index in [1.807, 2.05) is 0 Å². The van der Waals surface area contributed by atoms with Crippen LogP contribution in [0, 0.1) is 46.3 Å². The summed E-state index contributed by atoms with van der Waals surface area (Å²) in [5, 5.41) is 24.7. The van der Waals surface area contributed by atoms with Crippen LogP contribution in [0.25, 0.3) is 0 Å². The third-order valence-corrected chi connectivity index (χ3v) is 11.2. The highest BCUT2D eigenvalue weighted by atomic mass is 16.3. The van der Waals surface area contributed by atoms with Gasteiger partial charge in [-0.3, -0.25) is 4.79 Å². The minimum atomic E-state index is -0.212. The van der Waals surface area contributed by atoms with Gasteiger partial charge in [-0.1, -0.05) is 20.8 Å². The molecule has 1 amide bonds. The largest absolute Gasteiger partial charge is 0.393 e. The number of carbonyl (C=O) groups is 1. The third-order valence-electron chi connectivity index (χ3n) is 11.2. The van der Waals surface area contributed by atoms with Crippen LogP contribution in [-0.4, -0.2) is 41.4 Å². The molecule has 5 N–H and O–H groups in total. The van der Waals surface area contributed by atoms with Gasteiger partial charge in [-0.25, -0.2) is 0 Å². The van der Waals surface area contributed by atoms with Crippen molar-refractivity contribution in [3.63, 3.8) is 0 Å². The Morgan fingerprint density at radius 3 is 2.52 bits per heavy atom. The Labute approximate surface area is 201 Å². The third kappa shape index (κ3) is 4.76. The monoisotopic (exact) mass is 462 g/mol. The number of hydrogen-bond acceptors (Lipinski definition) is 4. The summed E-state index contributed by atoms with van der Waals surface area (Å²) in [6, 6.07) is 0. The average molecular weight is 463 g/mol. The molecule has 0 aliphatic heterocycles. The predicted octanol–water partition coefficient (Wildman–Crippen LogP) is 4.25. The lowest BCUT2D eigenvalue weighted by Crippen LogP contribution is -2.58. The molecule has 0 heterocycles. The molecule has 4 rings (SSSR count). The highest BCUT2D eigenvalue weighted by Crippen LogP contribution is 2.68. The Kier molecular flexibility index (Phi) is 7.82. The molecule has 5 heteroatoms. The fourth-order valence-corrected chi connectivity index (χ4v) is 9.32. The van der Waals surface area contributed by atoms with Crippen LogP contribution in [0.3, 0.4) is 0 Å². The van der Waals surface area contributed by atoms with E-state index in [1.165, 1.54) is 25.7 Å². The summed E-state index contributed by atoms with van der Waals surface area (Å²) in [5.41, 5.74) is 6.11. The van der Waals surface area contributed by atoms with E-state index < -0.39 is 0 Å². The molecule has 4 aliphatic carbocycles. The minimum absolute atomic E-state index is 0.171. The zero-order valence-electron chi connectivity index (χ0n) is 21.4. The normalized spacial score (nSPS) is 45.6. The summed E-state index contributed by atoms with van der Waals surface area (Å²) in [6.07, 6.45) is 11.9. The van der Waals surface area contributed by atoms with Crippen molar-refractivity contribution in [2.24, 2.45) is 52.1 Å². The van der Waals surface area contributed by atoms with E-state index in [9.17, 15) is 15.0 Å². The topological polar surface area (TPSA) is 95.6 Å². The smallest absolute Gasteiger partial charge is 0.220 e. The summed E-state index contributed by atoms with van der Waals surface area (Å²) in [4.78, 5) is 12.3. The predicted molar refractivity (Wildman–Crippen MR) is 132 cm³/mol. The zero-order chi connectivity index (χ0) is 23.8. The number of nitrogens with two attached hydrogens (primary N) is 1. The van der Waals surface area contributed by atoms with Crippen LogP contribution in [-0.2, 0) is 4.79 Å². The second kappa shape index (κ2) is 10.1. The van der Waals surface area contributed by atoms with E-state index in [0.717, 1.165) is 51.5 Å². The molecule has 10 atom stereocenters. The van der Waals surface area contributed by atoms with E-state index in [2.05, 4.69) is 26.1 Å². The first-order chi connectivity index (χ1) is 15.7. The van der Waals surface area contributed by atoms with Crippen molar-refractivity contribution in [3.8, 4) is 0 Å². The number of unbranched alkanes of at least 4 members (excludes halogenated alkanes) is 1. The van der Waals surface area contributed by atoms with Crippen LogP contribution in [0.1, 0.15) is 97.8 Å². The van der Waals surface area contributed by atoms with E-state index in [4.69, 9.17) is 5.73 Å². The molecule has 0 spiro atoms. The molecule has 0 aromatic heterocycles. The standard InChI is InChI=1S/C28H50N2O3/c1-18(6-9-25(33)30-15-5-4-14-29)21-7-8-22-26-23(11-13-28(21,22)3)27(2)12-10-20(31)16-19(27)17-24(26)32/h18-24,26,31-32H,4-17,29H2,1-3H3,(H,30,33). The Bertz CT molecular complexity index is 686. The van der Waals surface area contributed by atoms with Gasteiger partial charge in [0.05, 0.1) is 12.2 Å². The van der Waals surface area contributed by atoms with Crippen molar-refractivity contribution in [2.75, 3.05) is 13.1 Å². The van der Waals surface area contributed by atoms with Crippen LogP contribution < -0.4 is 11.1 Å². The quantitative estimate of drug-likeness (QED) is 0.406. The summed E-state index contributed by atoms with van der Waals surface area (Å²) in [6.45, 7) is 8.79. The van der Waals surface area contributed by atoms with Gasteiger partial charge >= 0.3 is 0 Å². The van der Waals surface area contributed by atoms with Crippen molar-refractivity contribution in [1.29, 1.82) is 0 Å². The van der Waals surface area contributed by atoms with Gasteiger partial charge in [0.25, 0.3) is 0 Å². The summed E-state index contributed by atoms with van der Waals surface area (Å²) in [5.74, 6) is 3.48. The Morgan fingerprint density at radius 2 is 1.76 bits per heavy atom. The zero-order valence-corrected chi connectivity index (χ0v) is 21.4. The maximum absolute atomic E-state index is 12.3. The number of aliphatic hydroxyl groups excluding tert-OH is 2. The second-order valence-electron chi connectivity index (χ2n) is 12.8. The number of fused-ring (bicyclic) bond motifs is 5. The van der Waals surface area contributed by atoms with Gasteiger partial charge in [0.2, 0.25) is 5.91 Å². The molecule has 33 heavy (non-hydrogen) atoms. The lowest BCUT2D eigenvalue weighted by atomic mass is 9.43. The second-order valence-corrected chi connectivity index (χ2v) is 12.8. The van der Waals surface area contributed by atoms with Gasteiger partial charge < -0.3 is 21.3 Å². The molecule has 190 valence electrons. The molecule has 0 aromatic carbocycles. The highest BCUT2D eigenvalue weighted by molar-refractivity contribution is 5.75. The van der Waals surface area contributed by atoms with Crippen LogP contribution in [0.4, 0.5) is 0 Å². The number of nitrogens with one attached hydrogen (secondary N) is 1. The fraction of sp³-hybridized carbons (Fsp3) is 0.964. The van der Waals surface area contributed by atoms with Crippen molar-refractivity contribution in [3.05, 3.63) is 0 Å². The lowest BCUT2D eigenvalue weighted by Gasteiger charge is -2.62. The molecule has 0 aromatic rings. The summed E-state index contributed by atoms with van der Waals surface area (Å²) < 4.78 is 0. The average Bonchev–Trinajstić information content (AvgIpc) is 3.13. The molecule has 10 unspecified atom stereocenters. The molecule has 4 saturated carbocycles. The number of hydrogen-bond donors (Lipinski definition) is 4. The van der Waals surface area contributed by atoms with Crippen LogP contribution in [0.2, 0.25) is 0 Å². The molecule has 4 aliphatic rings. The number of carbonyl (C=O) groups excluding carboxylic acids is 1. The molecular weight excluding hydrogens is 412 g/mol. The Morgan fingerprint density at radius 1 is 1.03 bits per heavy atom. The molecule has 5 nitrogen and oxygen atoms in total. The van der Waals surface area contributed by atoms with Gasteiger partial charge in [-0.05, 0) is 124 Å². The van der Waals surface area contributed by atoms with Gasteiger partial charge in [-0.2, -0.15) is 0 Å². The Balaban J connectivity index is 1.39. The maximum atomic E-state index is 12.3. The van der Waals surface area contributed by atoms with Crippen LogP contribution in [0.5, 0.6) is 0 Å². The fourth-order valence-electron chi connectivity index (χ4n) is 9.32. The van der Waals surface area contributed by atoms with Gasteiger partial charge in [0.15, 0.2) is 0 Å². The van der Waals surface area contributed by atoms with E-state index in [0.29, 0.717) is 48.5 Å². The van der Waals surface area contributed by atoms with Gasteiger partial charge in [0, 0.05) is 13.0 Å². The molecular formula is C28H50N2O3. The maximum Gasteiger partial charge on any atom is 0.220 e. The van der Waals surface area contributed by atoms with E-state index >= 15 is 0 Å². The Hall–Kier alpha value is -0.650. The van der Waals surface area contributed by atoms with Crippen molar-refractivity contribution >= 4 is 5.91 Å². The lowest BCUT2D eigenvalue weighted by molar-refractivity contribution is -0.174. The van der Waals surface area contributed by atoms with Crippen molar-refractivity contribution < 1.29 is 15.0 Å². The van der Waals surface area contributed by atoms with E-state index in [1.54, 1.807) is 0 Å². The van der Waals surface area contributed by atoms with Gasteiger partial charge in [0.1, 0.15) is 0 Å². The SMILES string of the molecule is CC(CCC(=O)NCCCCN)C1CCC2C3C(O)CC4CC(O)CCC4(C)C3CCC12C.